The van der Waals surface area contributed by atoms with Gasteiger partial charge < -0.3 is 14.4 Å². The maximum atomic E-state index is 12.7. The largest absolute Gasteiger partial charge is 0.456 e. The number of aryl methyl sites for hydroxylation is 1. The van der Waals surface area contributed by atoms with Crippen molar-refractivity contribution in [2.24, 2.45) is 0 Å². The topological polar surface area (TPSA) is 64.4 Å². The molecule has 1 N–H and O–H groups in total. The molecule has 2 aromatic carbocycles. The van der Waals surface area contributed by atoms with Gasteiger partial charge in [-0.3, -0.25) is 0 Å². The molecule has 0 bridgehead atoms. The summed E-state index contributed by atoms with van der Waals surface area (Å²) >= 11 is 6.26. The van der Waals surface area contributed by atoms with Crippen LogP contribution in [0.1, 0.15) is 68.0 Å². The molecule has 5 nitrogen and oxygen atoms in total. The fourth-order valence-electron chi connectivity index (χ4n) is 3.59. The minimum atomic E-state index is -0.556. The first-order valence-electron chi connectivity index (χ1n) is 11.0. The maximum Gasteiger partial charge on any atom is 0.339 e. The van der Waals surface area contributed by atoms with Crippen LogP contribution in [0, 0.1) is 0 Å². The normalized spacial score (nSPS) is 11.6. The molecular weight excluding hydrogens is 424 g/mol. The van der Waals surface area contributed by atoms with Gasteiger partial charge in [-0.15, -0.1) is 0 Å². The Morgan fingerprint density at radius 2 is 1.81 bits per heavy atom. The Morgan fingerprint density at radius 1 is 1.12 bits per heavy atom. The summed E-state index contributed by atoms with van der Waals surface area (Å²) in [5, 5.41) is 10.1. The molecule has 0 spiro atoms. The molecule has 0 aliphatic carbocycles. The number of aromatic nitrogens is 2. The molecule has 6 heteroatoms. The molecule has 0 atom stereocenters. The molecule has 1 aromatic heterocycles. The third-order valence-electron chi connectivity index (χ3n) is 5.16. The van der Waals surface area contributed by atoms with Crippen LogP contribution < -0.4 is 0 Å². The van der Waals surface area contributed by atoms with Crippen molar-refractivity contribution in [3.8, 4) is 11.1 Å². The van der Waals surface area contributed by atoms with Gasteiger partial charge in [0.05, 0.1) is 17.9 Å². The van der Waals surface area contributed by atoms with Crippen molar-refractivity contribution in [3.05, 3.63) is 76.3 Å². The molecule has 0 unspecified atom stereocenters. The number of unbranched alkanes of at least 4 members (excludes halogenated alkanes) is 1. The van der Waals surface area contributed by atoms with E-state index in [0.29, 0.717) is 23.0 Å². The third-order valence-corrected chi connectivity index (χ3v) is 5.46. The molecule has 32 heavy (non-hydrogen) atoms. The van der Waals surface area contributed by atoms with Gasteiger partial charge in [0.2, 0.25) is 0 Å². The minimum Gasteiger partial charge on any atom is -0.456 e. The second-order valence-electron chi connectivity index (χ2n) is 8.86. The predicted octanol–water partition coefficient (Wildman–Crippen LogP) is 6.04. The molecule has 0 saturated heterocycles. The van der Waals surface area contributed by atoms with Gasteiger partial charge in [-0.2, -0.15) is 0 Å². The van der Waals surface area contributed by atoms with Crippen LogP contribution in [-0.2, 0) is 24.3 Å². The number of aliphatic hydroxyl groups is 1. The van der Waals surface area contributed by atoms with Crippen LogP contribution in [0.5, 0.6) is 0 Å². The highest BCUT2D eigenvalue weighted by molar-refractivity contribution is 6.30. The molecule has 0 fully saturated rings. The van der Waals surface area contributed by atoms with Crippen molar-refractivity contribution >= 4 is 17.6 Å². The molecule has 0 aliphatic rings. The fourth-order valence-corrected chi connectivity index (χ4v) is 3.85. The van der Waals surface area contributed by atoms with Crippen LogP contribution in [0.3, 0.4) is 0 Å². The van der Waals surface area contributed by atoms with E-state index in [1.807, 2.05) is 67.8 Å². The van der Waals surface area contributed by atoms with Crippen molar-refractivity contribution < 1.29 is 14.6 Å². The number of ether oxygens (including phenoxy) is 1. The number of benzene rings is 2. The highest BCUT2D eigenvalue weighted by atomic mass is 35.5. The molecule has 1 heterocycles. The minimum absolute atomic E-state index is 0.153. The Kier molecular flexibility index (Phi) is 7.75. The van der Waals surface area contributed by atoms with E-state index in [0.717, 1.165) is 41.8 Å². The summed E-state index contributed by atoms with van der Waals surface area (Å²) in [7, 11) is 0. The smallest absolute Gasteiger partial charge is 0.339 e. The number of rotatable bonds is 8. The first kappa shape index (κ1) is 24.0. The van der Waals surface area contributed by atoms with Crippen LogP contribution in [0.25, 0.3) is 11.1 Å². The molecule has 0 aliphatic heterocycles. The Labute approximate surface area is 195 Å². The van der Waals surface area contributed by atoms with E-state index in [-0.39, 0.29) is 12.6 Å². The van der Waals surface area contributed by atoms with Crippen molar-refractivity contribution in [1.82, 2.24) is 9.55 Å². The summed E-state index contributed by atoms with van der Waals surface area (Å²) in [6, 6.07) is 15.5. The molecule has 3 rings (SSSR count). The number of esters is 1. The highest BCUT2D eigenvalue weighted by Crippen LogP contribution is 2.27. The van der Waals surface area contributed by atoms with E-state index >= 15 is 0 Å². The Morgan fingerprint density at radius 3 is 2.44 bits per heavy atom. The SMILES string of the molecule is CCCCc1nc(Cl)c(CO)n1Cc1ccc(-c2ccccc2C(=O)OC(C)(C)C)cc1. The standard InChI is InChI=1S/C26H31ClN2O3/c1-5-6-11-23-28-24(27)22(17-30)29(23)16-18-12-14-19(15-13-18)20-9-7-8-10-21(20)25(31)32-26(2,3)4/h7-10,12-15,30H,5-6,11,16-17H2,1-4H3. The van der Waals surface area contributed by atoms with E-state index in [2.05, 4.69) is 11.9 Å². The number of nitrogens with zero attached hydrogens (tertiary/aromatic N) is 2. The van der Waals surface area contributed by atoms with Crippen molar-refractivity contribution in [3.63, 3.8) is 0 Å². The van der Waals surface area contributed by atoms with Crippen molar-refractivity contribution in [1.29, 1.82) is 0 Å². The zero-order valence-corrected chi connectivity index (χ0v) is 19.9. The van der Waals surface area contributed by atoms with Crippen LogP contribution in [0.4, 0.5) is 0 Å². The Hall–Kier alpha value is -2.63. The van der Waals surface area contributed by atoms with Gasteiger partial charge in [0, 0.05) is 13.0 Å². The summed E-state index contributed by atoms with van der Waals surface area (Å²) in [5.74, 6) is 0.554. The fraction of sp³-hybridized carbons (Fsp3) is 0.385. The maximum absolute atomic E-state index is 12.7. The number of carbonyl (C=O) groups is 1. The second-order valence-corrected chi connectivity index (χ2v) is 9.22. The van der Waals surface area contributed by atoms with E-state index in [1.54, 1.807) is 6.07 Å². The lowest BCUT2D eigenvalue weighted by molar-refractivity contribution is 0.00704. The van der Waals surface area contributed by atoms with Gasteiger partial charge in [-0.05, 0) is 49.9 Å². The number of hydrogen-bond acceptors (Lipinski definition) is 4. The van der Waals surface area contributed by atoms with Crippen molar-refractivity contribution in [2.75, 3.05) is 0 Å². The predicted molar refractivity (Wildman–Crippen MR) is 128 cm³/mol. The number of hydrogen-bond donors (Lipinski definition) is 1. The number of aliphatic hydroxyl groups excluding tert-OH is 1. The summed E-state index contributed by atoms with van der Waals surface area (Å²) < 4.78 is 7.58. The van der Waals surface area contributed by atoms with Gasteiger partial charge in [0.15, 0.2) is 5.15 Å². The van der Waals surface area contributed by atoms with Gasteiger partial charge in [0.1, 0.15) is 11.4 Å². The summed E-state index contributed by atoms with van der Waals surface area (Å²) in [6.07, 6.45) is 2.89. The molecular formula is C26H31ClN2O3. The number of carbonyl (C=O) groups excluding carboxylic acids is 1. The molecule has 3 aromatic rings. The lowest BCUT2D eigenvalue weighted by Gasteiger charge is -2.20. The number of halogens is 1. The lowest BCUT2D eigenvalue weighted by atomic mass is 9.98. The zero-order chi connectivity index (χ0) is 23.3. The second kappa shape index (κ2) is 10.3. The van der Waals surface area contributed by atoms with Gasteiger partial charge >= 0.3 is 5.97 Å². The molecule has 0 amide bonds. The van der Waals surface area contributed by atoms with Crippen LogP contribution in [0.2, 0.25) is 5.15 Å². The van der Waals surface area contributed by atoms with Gasteiger partial charge in [-0.25, -0.2) is 9.78 Å². The zero-order valence-electron chi connectivity index (χ0n) is 19.2. The van der Waals surface area contributed by atoms with Crippen LogP contribution >= 0.6 is 11.6 Å². The quantitative estimate of drug-likeness (QED) is 0.421. The lowest BCUT2D eigenvalue weighted by Crippen LogP contribution is -2.24. The van der Waals surface area contributed by atoms with E-state index < -0.39 is 5.60 Å². The van der Waals surface area contributed by atoms with Gasteiger partial charge in [0.25, 0.3) is 0 Å². The molecule has 170 valence electrons. The summed E-state index contributed by atoms with van der Waals surface area (Å²) in [4.78, 5) is 17.1. The molecule has 0 radical (unpaired) electrons. The Bertz CT molecular complexity index is 1070. The van der Waals surface area contributed by atoms with Crippen molar-refractivity contribution in [2.45, 2.75) is 65.7 Å². The summed E-state index contributed by atoms with van der Waals surface area (Å²) in [6.45, 7) is 8.14. The third kappa shape index (κ3) is 5.78. The Balaban J connectivity index is 1.87. The van der Waals surface area contributed by atoms with E-state index in [9.17, 15) is 9.90 Å². The monoisotopic (exact) mass is 454 g/mol. The van der Waals surface area contributed by atoms with E-state index in [4.69, 9.17) is 16.3 Å². The van der Waals surface area contributed by atoms with Crippen LogP contribution in [0.15, 0.2) is 48.5 Å². The first-order chi connectivity index (χ1) is 15.2. The average molecular weight is 455 g/mol. The summed E-state index contributed by atoms with van der Waals surface area (Å²) in [5.41, 5.74) is 3.45. The highest BCUT2D eigenvalue weighted by Gasteiger charge is 2.21. The van der Waals surface area contributed by atoms with Gasteiger partial charge in [-0.1, -0.05) is 67.4 Å². The van der Waals surface area contributed by atoms with E-state index in [1.165, 1.54) is 0 Å². The first-order valence-corrected chi connectivity index (χ1v) is 11.4. The number of imidazole rings is 1. The average Bonchev–Trinajstić information content (AvgIpc) is 3.05. The van der Waals surface area contributed by atoms with Crippen LogP contribution in [-0.4, -0.2) is 26.2 Å². The molecule has 0 saturated carbocycles.